The molecule has 2 N–H and O–H groups in total. The highest BCUT2D eigenvalue weighted by atomic mass is 16.5. The van der Waals surface area contributed by atoms with Crippen molar-refractivity contribution in [2.45, 2.75) is 12.5 Å². The Morgan fingerprint density at radius 2 is 2.48 bits per heavy atom. The van der Waals surface area contributed by atoms with E-state index in [2.05, 4.69) is 16.0 Å². The van der Waals surface area contributed by atoms with Crippen LogP contribution in [0.1, 0.15) is 5.56 Å². The molecular formula is C15H24N4O2. The number of likely N-dealkylation sites (N-methyl/N-ethyl adjacent to an activating group) is 1. The number of hydrogen-bond donors (Lipinski definition) is 1. The number of carbonyl (C=O) groups excluding carboxylic acids is 1. The summed E-state index contributed by atoms with van der Waals surface area (Å²) in [7, 11) is 1.89. The van der Waals surface area contributed by atoms with Crippen molar-refractivity contribution in [1.29, 1.82) is 0 Å². The van der Waals surface area contributed by atoms with Crippen LogP contribution in [0.15, 0.2) is 24.5 Å². The van der Waals surface area contributed by atoms with Crippen molar-refractivity contribution < 1.29 is 9.53 Å². The molecule has 1 aliphatic heterocycles. The third-order valence-corrected chi connectivity index (χ3v) is 3.60. The number of aromatic nitrogens is 1. The zero-order valence-corrected chi connectivity index (χ0v) is 12.6. The van der Waals surface area contributed by atoms with Crippen LogP contribution in [0.2, 0.25) is 0 Å². The molecule has 0 unspecified atom stereocenters. The molecule has 6 heteroatoms. The topological polar surface area (TPSA) is 71.7 Å². The second-order valence-electron chi connectivity index (χ2n) is 5.57. The first-order chi connectivity index (χ1) is 10.1. The van der Waals surface area contributed by atoms with E-state index in [0.717, 1.165) is 39.2 Å². The molecule has 1 fully saturated rings. The quantitative estimate of drug-likeness (QED) is 0.750. The minimum atomic E-state index is -0.304. The molecule has 0 saturated carbocycles. The monoisotopic (exact) mass is 292 g/mol. The Balaban J connectivity index is 1.74. The highest BCUT2D eigenvalue weighted by Gasteiger charge is 2.21. The van der Waals surface area contributed by atoms with Gasteiger partial charge in [-0.05, 0) is 25.1 Å². The van der Waals surface area contributed by atoms with Crippen LogP contribution in [0, 0.1) is 0 Å². The summed E-state index contributed by atoms with van der Waals surface area (Å²) in [5.74, 6) is -0.304. The van der Waals surface area contributed by atoms with Crippen molar-refractivity contribution in [3.8, 4) is 0 Å². The van der Waals surface area contributed by atoms with Gasteiger partial charge in [-0.3, -0.25) is 19.6 Å². The number of morpholine rings is 1. The van der Waals surface area contributed by atoms with Gasteiger partial charge in [0, 0.05) is 38.6 Å². The lowest BCUT2D eigenvalue weighted by Gasteiger charge is -2.34. The summed E-state index contributed by atoms with van der Waals surface area (Å²) in [4.78, 5) is 19.4. The average molecular weight is 292 g/mol. The Hall–Kier alpha value is -1.50. The third kappa shape index (κ3) is 5.79. The molecule has 21 heavy (non-hydrogen) atoms. The summed E-state index contributed by atoms with van der Waals surface area (Å²) in [5, 5.41) is 0. The Morgan fingerprint density at radius 1 is 1.62 bits per heavy atom. The second-order valence-corrected chi connectivity index (χ2v) is 5.57. The van der Waals surface area contributed by atoms with E-state index in [1.54, 1.807) is 6.20 Å². The maximum absolute atomic E-state index is 10.9. The van der Waals surface area contributed by atoms with Crippen molar-refractivity contribution in [3.63, 3.8) is 0 Å². The average Bonchev–Trinajstić information content (AvgIpc) is 2.46. The zero-order chi connectivity index (χ0) is 15.1. The van der Waals surface area contributed by atoms with Gasteiger partial charge in [-0.25, -0.2) is 0 Å². The molecule has 0 aromatic carbocycles. The number of nitrogens with two attached hydrogens (primary N) is 1. The van der Waals surface area contributed by atoms with Gasteiger partial charge in [0.15, 0.2) is 0 Å². The van der Waals surface area contributed by atoms with Crippen molar-refractivity contribution in [3.05, 3.63) is 30.1 Å². The van der Waals surface area contributed by atoms with Crippen molar-refractivity contribution in [1.82, 2.24) is 14.8 Å². The summed E-state index contributed by atoms with van der Waals surface area (Å²) in [6.45, 7) is 4.59. The fourth-order valence-electron chi connectivity index (χ4n) is 2.61. The van der Waals surface area contributed by atoms with Crippen LogP contribution in [0.5, 0.6) is 0 Å². The predicted octanol–water partition coefficient (Wildman–Crippen LogP) is -0.258. The van der Waals surface area contributed by atoms with Crippen LogP contribution in [0.4, 0.5) is 0 Å². The molecule has 1 aromatic heterocycles. The van der Waals surface area contributed by atoms with Gasteiger partial charge in [0.05, 0.1) is 19.3 Å². The van der Waals surface area contributed by atoms with Crippen LogP contribution < -0.4 is 5.73 Å². The number of rotatable bonds is 7. The molecule has 0 radical (unpaired) electrons. The molecule has 6 nitrogen and oxygen atoms in total. The molecule has 0 bridgehead atoms. The van der Waals surface area contributed by atoms with Crippen LogP contribution in [0.3, 0.4) is 0 Å². The van der Waals surface area contributed by atoms with E-state index in [-0.39, 0.29) is 18.6 Å². The van der Waals surface area contributed by atoms with E-state index >= 15 is 0 Å². The van der Waals surface area contributed by atoms with Gasteiger partial charge in [0.1, 0.15) is 0 Å². The number of amides is 1. The van der Waals surface area contributed by atoms with Gasteiger partial charge in [-0.2, -0.15) is 0 Å². The highest BCUT2D eigenvalue weighted by molar-refractivity contribution is 5.75. The summed E-state index contributed by atoms with van der Waals surface area (Å²) in [5.41, 5.74) is 6.46. The van der Waals surface area contributed by atoms with Crippen LogP contribution >= 0.6 is 0 Å². The van der Waals surface area contributed by atoms with E-state index in [0.29, 0.717) is 0 Å². The molecule has 1 atom stereocenters. The van der Waals surface area contributed by atoms with Crippen LogP contribution in [0.25, 0.3) is 0 Å². The Morgan fingerprint density at radius 3 is 3.19 bits per heavy atom. The highest BCUT2D eigenvalue weighted by Crippen LogP contribution is 2.08. The molecule has 0 spiro atoms. The molecule has 1 amide bonds. The van der Waals surface area contributed by atoms with Crippen LogP contribution in [-0.4, -0.2) is 73.2 Å². The maximum atomic E-state index is 10.9. The minimum Gasteiger partial charge on any atom is -0.374 e. The molecule has 2 heterocycles. The number of ether oxygens (including phenoxy) is 1. The lowest BCUT2D eigenvalue weighted by Crippen LogP contribution is -2.48. The summed E-state index contributed by atoms with van der Waals surface area (Å²) >= 11 is 0. The van der Waals surface area contributed by atoms with Gasteiger partial charge in [0.25, 0.3) is 0 Å². The smallest absolute Gasteiger partial charge is 0.231 e. The van der Waals surface area contributed by atoms with Gasteiger partial charge >= 0.3 is 0 Å². The Kier molecular flexibility index (Phi) is 6.10. The number of nitrogens with zero attached hydrogens (tertiary/aromatic N) is 3. The van der Waals surface area contributed by atoms with Gasteiger partial charge in [-0.15, -0.1) is 0 Å². The first kappa shape index (κ1) is 15.9. The number of pyridine rings is 1. The van der Waals surface area contributed by atoms with E-state index in [4.69, 9.17) is 10.5 Å². The summed E-state index contributed by atoms with van der Waals surface area (Å²) in [6, 6.07) is 4.07. The summed E-state index contributed by atoms with van der Waals surface area (Å²) < 4.78 is 5.76. The Labute approximate surface area is 125 Å². The van der Waals surface area contributed by atoms with Gasteiger partial charge in [-0.1, -0.05) is 6.07 Å². The lowest BCUT2D eigenvalue weighted by atomic mass is 10.2. The second kappa shape index (κ2) is 8.07. The van der Waals surface area contributed by atoms with E-state index in [1.807, 2.05) is 24.2 Å². The molecule has 1 saturated heterocycles. The molecule has 116 valence electrons. The number of carbonyl (C=O) groups is 1. The van der Waals surface area contributed by atoms with E-state index in [1.165, 1.54) is 5.56 Å². The van der Waals surface area contributed by atoms with Crippen molar-refractivity contribution in [2.75, 3.05) is 46.4 Å². The van der Waals surface area contributed by atoms with Gasteiger partial charge < -0.3 is 10.5 Å². The fourth-order valence-corrected chi connectivity index (χ4v) is 2.61. The molecule has 1 aromatic rings. The molecule has 0 aliphatic carbocycles. The van der Waals surface area contributed by atoms with Gasteiger partial charge in [0.2, 0.25) is 5.91 Å². The van der Waals surface area contributed by atoms with E-state index < -0.39 is 0 Å². The first-order valence-corrected chi connectivity index (χ1v) is 7.33. The third-order valence-electron chi connectivity index (χ3n) is 3.60. The van der Waals surface area contributed by atoms with Crippen molar-refractivity contribution >= 4 is 5.91 Å². The van der Waals surface area contributed by atoms with Crippen molar-refractivity contribution in [2.24, 2.45) is 5.73 Å². The Bertz CT molecular complexity index is 441. The SMILES string of the molecule is CN(CC(N)=O)C[C@@H]1CN(CCc2cccnc2)CCO1. The number of primary amides is 1. The standard InChI is InChI=1S/C15H24N4O2/c1-18(12-15(16)20)10-14-11-19(7-8-21-14)6-4-13-3-2-5-17-9-13/h2-3,5,9,14H,4,6-8,10-12H2,1H3,(H2,16,20)/t14-/m1/s1. The predicted molar refractivity (Wildman–Crippen MR) is 80.8 cm³/mol. The number of hydrogen-bond acceptors (Lipinski definition) is 5. The molecule has 1 aliphatic rings. The van der Waals surface area contributed by atoms with E-state index in [9.17, 15) is 4.79 Å². The molecular weight excluding hydrogens is 268 g/mol. The maximum Gasteiger partial charge on any atom is 0.231 e. The first-order valence-electron chi connectivity index (χ1n) is 7.33. The lowest BCUT2D eigenvalue weighted by molar-refractivity contribution is -0.119. The van der Waals surface area contributed by atoms with Crippen LogP contribution in [-0.2, 0) is 16.0 Å². The molecule has 2 rings (SSSR count). The fraction of sp³-hybridized carbons (Fsp3) is 0.600. The minimum absolute atomic E-state index is 0.136. The largest absolute Gasteiger partial charge is 0.374 e. The zero-order valence-electron chi connectivity index (χ0n) is 12.6. The summed E-state index contributed by atoms with van der Waals surface area (Å²) in [6.07, 6.45) is 4.84. The normalized spacial score (nSPS) is 19.8.